The Morgan fingerprint density at radius 3 is 2.39 bits per heavy atom. The van der Waals surface area contributed by atoms with E-state index in [2.05, 4.69) is 18.7 Å². The SMILES string of the molecule is COc1cccc(C(=O)N2CCN([C@H]3CCCN(C(C)C)C3=O)CC2)c1OC. The molecule has 3 rings (SSSR count). The molecule has 0 spiro atoms. The van der Waals surface area contributed by atoms with Gasteiger partial charge in [0.15, 0.2) is 11.5 Å². The van der Waals surface area contributed by atoms with Gasteiger partial charge in [-0.3, -0.25) is 14.5 Å². The molecule has 7 nitrogen and oxygen atoms in total. The van der Waals surface area contributed by atoms with Crippen LogP contribution in [-0.2, 0) is 4.79 Å². The van der Waals surface area contributed by atoms with Gasteiger partial charge in [-0.1, -0.05) is 6.07 Å². The highest BCUT2D eigenvalue weighted by Gasteiger charge is 2.36. The summed E-state index contributed by atoms with van der Waals surface area (Å²) in [7, 11) is 3.11. The minimum Gasteiger partial charge on any atom is -0.493 e. The summed E-state index contributed by atoms with van der Waals surface area (Å²) in [5.41, 5.74) is 0.509. The normalized spacial score (nSPS) is 21.2. The minimum absolute atomic E-state index is 0.0558. The lowest BCUT2D eigenvalue weighted by molar-refractivity contribution is -0.142. The number of likely N-dealkylation sites (tertiary alicyclic amines) is 1. The Balaban J connectivity index is 1.66. The Morgan fingerprint density at radius 2 is 1.79 bits per heavy atom. The van der Waals surface area contributed by atoms with Gasteiger partial charge in [0, 0.05) is 38.8 Å². The topological polar surface area (TPSA) is 62.3 Å². The fourth-order valence-electron chi connectivity index (χ4n) is 4.19. The number of rotatable bonds is 5. The molecule has 1 aromatic carbocycles. The molecule has 2 amide bonds. The van der Waals surface area contributed by atoms with Crippen LogP contribution in [0, 0.1) is 0 Å². The number of amides is 2. The maximum absolute atomic E-state index is 13.0. The molecule has 154 valence electrons. The van der Waals surface area contributed by atoms with Gasteiger partial charge in [-0.05, 0) is 38.8 Å². The first kappa shape index (κ1) is 20.5. The van der Waals surface area contributed by atoms with Crippen LogP contribution in [0.5, 0.6) is 11.5 Å². The van der Waals surface area contributed by atoms with Crippen LogP contribution in [0.4, 0.5) is 0 Å². The fourth-order valence-corrected chi connectivity index (χ4v) is 4.19. The Morgan fingerprint density at radius 1 is 1.07 bits per heavy atom. The molecule has 0 bridgehead atoms. The summed E-state index contributed by atoms with van der Waals surface area (Å²) < 4.78 is 10.7. The van der Waals surface area contributed by atoms with Crippen LogP contribution in [0.2, 0.25) is 0 Å². The zero-order valence-electron chi connectivity index (χ0n) is 17.3. The molecule has 0 aliphatic carbocycles. The predicted molar refractivity (Wildman–Crippen MR) is 107 cm³/mol. The number of benzene rings is 1. The number of carbonyl (C=O) groups excluding carboxylic acids is 2. The van der Waals surface area contributed by atoms with Crippen LogP contribution in [-0.4, -0.2) is 85.5 Å². The van der Waals surface area contributed by atoms with Gasteiger partial charge in [0.2, 0.25) is 5.91 Å². The second-order valence-corrected chi connectivity index (χ2v) is 7.65. The van der Waals surface area contributed by atoms with Crippen molar-refractivity contribution in [2.75, 3.05) is 46.9 Å². The lowest BCUT2D eigenvalue weighted by Gasteiger charge is -2.43. The van der Waals surface area contributed by atoms with Gasteiger partial charge < -0.3 is 19.3 Å². The Kier molecular flexibility index (Phi) is 6.44. The second kappa shape index (κ2) is 8.82. The number of piperidine rings is 1. The first-order valence-corrected chi connectivity index (χ1v) is 10.0. The van der Waals surface area contributed by atoms with Crippen LogP contribution in [0.15, 0.2) is 18.2 Å². The van der Waals surface area contributed by atoms with Crippen molar-refractivity contribution in [2.24, 2.45) is 0 Å². The third-order valence-electron chi connectivity index (χ3n) is 5.74. The predicted octanol–water partition coefficient (Wildman–Crippen LogP) is 1.86. The third kappa shape index (κ3) is 3.94. The number of piperazine rings is 1. The number of ether oxygens (including phenoxy) is 2. The van der Waals surface area contributed by atoms with Gasteiger partial charge in [-0.25, -0.2) is 0 Å². The van der Waals surface area contributed by atoms with Crippen molar-refractivity contribution in [3.8, 4) is 11.5 Å². The van der Waals surface area contributed by atoms with Crippen LogP contribution < -0.4 is 9.47 Å². The third-order valence-corrected chi connectivity index (χ3v) is 5.74. The molecule has 0 radical (unpaired) electrons. The number of hydrogen-bond donors (Lipinski definition) is 0. The summed E-state index contributed by atoms with van der Waals surface area (Å²) in [5.74, 6) is 1.19. The van der Waals surface area contributed by atoms with E-state index in [4.69, 9.17) is 9.47 Å². The standard InChI is InChI=1S/C21H31N3O4/c1-15(2)24-10-6-8-17(21(24)26)22-11-13-23(14-12-22)20(25)16-7-5-9-18(27-3)19(16)28-4/h5,7,9,15,17H,6,8,10-14H2,1-4H3/t17-/m0/s1. The molecule has 0 aromatic heterocycles. The van der Waals surface area contributed by atoms with Gasteiger partial charge in [0.1, 0.15) is 0 Å². The van der Waals surface area contributed by atoms with E-state index in [9.17, 15) is 9.59 Å². The molecular formula is C21H31N3O4. The molecule has 0 N–H and O–H groups in total. The average molecular weight is 389 g/mol. The number of para-hydroxylation sites is 1. The molecular weight excluding hydrogens is 358 g/mol. The van der Waals surface area contributed by atoms with Crippen LogP contribution in [0.25, 0.3) is 0 Å². The van der Waals surface area contributed by atoms with E-state index < -0.39 is 0 Å². The van der Waals surface area contributed by atoms with E-state index in [0.29, 0.717) is 43.2 Å². The molecule has 0 saturated carbocycles. The summed E-state index contributed by atoms with van der Waals surface area (Å²) in [5, 5.41) is 0. The molecule has 2 aliphatic rings. The van der Waals surface area contributed by atoms with Gasteiger partial charge in [-0.15, -0.1) is 0 Å². The lowest BCUT2D eigenvalue weighted by Crippen LogP contribution is -2.59. The molecule has 2 aliphatic heterocycles. The summed E-state index contributed by atoms with van der Waals surface area (Å²) >= 11 is 0. The highest BCUT2D eigenvalue weighted by Crippen LogP contribution is 2.32. The summed E-state index contributed by atoms with van der Waals surface area (Å²) in [6, 6.07) is 5.52. The Labute approximate surface area is 167 Å². The molecule has 1 atom stereocenters. The quantitative estimate of drug-likeness (QED) is 0.769. The number of methoxy groups -OCH3 is 2. The molecule has 2 heterocycles. The first-order valence-electron chi connectivity index (χ1n) is 10.0. The second-order valence-electron chi connectivity index (χ2n) is 7.65. The number of nitrogens with zero attached hydrogens (tertiary/aromatic N) is 3. The minimum atomic E-state index is -0.0609. The van der Waals surface area contributed by atoms with E-state index in [0.717, 1.165) is 19.4 Å². The van der Waals surface area contributed by atoms with Crippen molar-refractivity contribution in [1.82, 2.24) is 14.7 Å². The van der Waals surface area contributed by atoms with Crippen molar-refractivity contribution in [2.45, 2.75) is 38.8 Å². The largest absolute Gasteiger partial charge is 0.493 e. The van der Waals surface area contributed by atoms with E-state index in [-0.39, 0.29) is 23.9 Å². The average Bonchev–Trinajstić information content (AvgIpc) is 2.72. The monoisotopic (exact) mass is 389 g/mol. The molecule has 2 fully saturated rings. The van der Waals surface area contributed by atoms with Gasteiger partial charge in [-0.2, -0.15) is 0 Å². The van der Waals surface area contributed by atoms with Crippen molar-refractivity contribution in [3.63, 3.8) is 0 Å². The van der Waals surface area contributed by atoms with E-state index >= 15 is 0 Å². The highest BCUT2D eigenvalue weighted by atomic mass is 16.5. The van der Waals surface area contributed by atoms with E-state index in [1.54, 1.807) is 32.4 Å². The Bertz CT molecular complexity index is 714. The maximum atomic E-state index is 13.0. The van der Waals surface area contributed by atoms with Crippen LogP contribution >= 0.6 is 0 Å². The van der Waals surface area contributed by atoms with Gasteiger partial charge >= 0.3 is 0 Å². The summed E-state index contributed by atoms with van der Waals surface area (Å²) in [6.07, 6.45) is 1.94. The lowest BCUT2D eigenvalue weighted by atomic mass is 10.0. The van der Waals surface area contributed by atoms with E-state index in [1.807, 2.05) is 9.80 Å². The van der Waals surface area contributed by atoms with Crippen molar-refractivity contribution >= 4 is 11.8 Å². The first-order chi connectivity index (χ1) is 13.5. The maximum Gasteiger partial charge on any atom is 0.257 e. The highest BCUT2D eigenvalue weighted by molar-refractivity contribution is 5.98. The summed E-state index contributed by atoms with van der Waals surface area (Å²) in [6.45, 7) is 7.61. The van der Waals surface area contributed by atoms with Crippen molar-refractivity contribution in [3.05, 3.63) is 23.8 Å². The summed E-state index contributed by atoms with van der Waals surface area (Å²) in [4.78, 5) is 31.9. The van der Waals surface area contributed by atoms with E-state index in [1.165, 1.54) is 0 Å². The molecule has 1 aromatic rings. The van der Waals surface area contributed by atoms with Crippen molar-refractivity contribution in [1.29, 1.82) is 0 Å². The zero-order valence-corrected chi connectivity index (χ0v) is 17.3. The van der Waals surface area contributed by atoms with Gasteiger partial charge in [0.05, 0.1) is 25.8 Å². The molecule has 7 heteroatoms. The Hall–Kier alpha value is -2.28. The zero-order chi connectivity index (χ0) is 20.3. The molecule has 28 heavy (non-hydrogen) atoms. The van der Waals surface area contributed by atoms with Crippen LogP contribution in [0.1, 0.15) is 37.0 Å². The smallest absolute Gasteiger partial charge is 0.257 e. The fraction of sp³-hybridized carbons (Fsp3) is 0.619. The van der Waals surface area contributed by atoms with Crippen molar-refractivity contribution < 1.29 is 19.1 Å². The van der Waals surface area contributed by atoms with Gasteiger partial charge in [0.25, 0.3) is 5.91 Å². The number of hydrogen-bond acceptors (Lipinski definition) is 5. The van der Waals surface area contributed by atoms with Crippen LogP contribution in [0.3, 0.4) is 0 Å². The molecule has 0 unspecified atom stereocenters. The molecule has 2 saturated heterocycles. The number of carbonyl (C=O) groups is 2.